The van der Waals surface area contributed by atoms with E-state index in [2.05, 4.69) is 52.7 Å². The molecule has 0 aromatic rings. The van der Waals surface area contributed by atoms with Gasteiger partial charge in [-0.05, 0) is 51.6 Å². The number of hydrogen-bond acceptors (Lipinski definition) is 3. The normalized spacial score (nSPS) is 13.2. The first-order valence-corrected chi connectivity index (χ1v) is 13.6. The Bertz CT molecular complexity index is 234. The monoisotopic (exact) mass is 319 g/mol. The van der Waals surface area contributed by atoms with Gasteiger partial charge in [-0.1, -0.05) is 27.7 Å². The van der Waals surface area contributed by atoms with E-state index in [1.54, 1.807) is 0 Å². The molecule has 0 atom stereocenters. The number of nitrogens with zero attached hydrogens (tertiary/aromatic N) is 1. The van der Waals surface area contributed by atoms with E-state index in [-0.39, 0.29) is 0 Å². The molecule has 0 aromatic carbocycles. The maximum absolute atomic E-state index is 5.98. The molecular formula is C15H37NO2Si2. The van der Waals surface area contributed by atoms with Crippen molar-refractivity contribution in [2.24, 2.45) is 0 Å². The molecule has 122 valence electrons. The standard InChI is InChI=1S/C15H37NO2Si2/c1-8-16(20(11-4,12-5)13-6)14-15-19(7,17-9-2)18-10-3/h8-15H2,1-7H3. The molecule has 20 heavy (non-hydrogen) atoms. The molecule has 0 saturated heterocycles. The molecule has 5 heteroatoms. The van der Waals surface area contributed by atoms with Crippen LogP contribution < -0.4 is 0 Å². The van der Waals surface area contributed by atoms with Crippen LogP contribution in [0.15, 0.2) is 0 Å². The van der Waals surface area contributed by atoms with Crippen molar-refractivity contribution in [1.29, 1.82) is 0 Å². The molecule has 0 unspecified atom stereocenters. The van der Waals surface area contributed by atoms with Crippen molar-refractivity contribution in [2.75, 3.05) is 26.3 Å². The van der Waals surface area contributed by atoms with Gasteiger partial charge in [-0.15, -0.1) is 0 Å². The summed E-state index contributed by atoms with van der Waals surface area (Å²) in [5.74, 6) is 0. The van der Waals surface area contributed by atoms with Crippen molar-refractivity contribution in [3.05, 3.63) is 0 Å². The second kappa shape index (κ2) is 10.1. The van der Waals surface area contributed by atoms with E-state index >= 15 is 0 Å². The summed E-state index contributed by atoms with van der Waals surface area (Å²) in [5, 5.41) is 0. The van der Waals surface area contributed by atoms with Crippen LogP contribution in [0.1, 0.15) is 41.5 Å². The lowest BCUT2D eigenvalue weighted by molar-refractivity contribution is 0.186. The highest BCUT2D eigenvalue weighted by molar-refractivity contribution is 6.77. The molecule has 0 aromatic heterocycles. The highest BCUT2D eigenvalue weighted by Crippen LogP contribution is 2.26. The van der Waals surface area contributed by atoms with Gasteiger partial charge >= 0.3 is 8.56 Å². The van der Waals surface area contributed by atoms with Crippen molar-refractivity contribution >= 4 is 16.8 Å². The lowest BCUT2D eigenvalue weighted by Gasteiger charge is -2.41. The van der Waals surface area contributed by atoms with Crippen LogP contribution in [-0.2, 0) is 8.85 Å². The zero-order valence-corrected chi connectivity index (χ0v) is 16.9. The Kier molecular flexibility index (Phi) is 10.3. The second-order valence-electron chi connectivity index (χ2n) is 5.61. The highest BCUT2D eigenvalue weighted by Gasteiger charge is 2.37. The van der Waals surface area contributed by atoms with E-state index in [1.807, 2.05) is 0 Å². The summed E-state index contributed by atoms with van der Waals surface area (Å²) < 4.78 is 14.8. The van der Waals surface area contributed by atoms with Crippen LogP contribution in [0.2, 0.25) is 30.7 Å². The van der Waals surface area contributed by atoms with Gasteiger partial charge in [0.15, 0.2) is 0 Å². The fourth-order valence-corrected chi connectivity index (χ4v) is 9.88. The zero-order valence-electron chi connectivity index (χ0n) is 14.9. The molecule has 0 aliphatic carbocycles. The predicted octanol–water partition coefficient (Wildman–Crippen LogP) is 4.46. The van der Waals surface area contributed by atoms with E-state index in [9.17, 15) is 0 Å². The first kappa shape index (κ1) is 20.3. The van der Waals surface area contributed by atoms with Gasteiger partial charge in [-0.3, -0.25) is 0 Å². The molecule has 0 bridgehead atoms. The van der Waals surface area contributed by atoms with Gasteiger partial charge in [0.1, 0.15) is 8.24 Å². The summed E-state index contributed by atoms with van der Waals surface area (Å²) in [6.45, 7) is 19.7. The summed E-state index contributed by atoms with van der Waals surface area (Å²) in [6.07, 6.45) is 0. The Morgan fingerprint density at radius 1 is 0.800 bits per heavy atom. The smallest absolute Gasteiger partial charge is 0.336 e. The fraction of sp³-hybridized carbons (Fsp3) is 1.00. The third-order valence-electron chi connectivity index (χ3n) is 4.76. The zero-order chi connectivity index (χ0) is 15.6. The Morgan fingerprint density at radius 2 is 1.25 bits per heavy atom. The minimum absolute atomic E-state index is 0.771. The van der Waals surface area contributed by atoms with Crippen LogP contribution >= 0.6 is 0 Å². The average Bonchev–Trinajstić information content (AvgIpc) is 2.44. The largest absolute Gasteiger partial charge is 0.395 e. The Balaban J connectivity index is 4.78. The molecule has 0 heterocycles. The van der Waals surface area contributed by atoms with Crippen molar-refractivity contribution in [3.63, 3.8) is 0 Å². The summed E-state index contributed by atoms with van der Waals surface area (Å²) >= 11 is 0. The lowest BCUT2D eigenvalue weighted by atomic mass is 10.6. The van der Waals surface area contributed by atoms with E-state index in [0.29, 0.717) is 0 Å². The molecule has 0 saturated carbocycles. The van der Waals surface area contributed by atoms with Crippen molar-refractivity contribution in [2.45, 2.75) is 72.3 Å². The van der Waals surface area contributed by atoms with Crippen LogP contribution in [0.25, 0.3) is 0 Å². The van der Waals surface area contributed by atoms with E-state index in [1.165, 1.54) is 24.7 Å². The maximum atomic E-state index is 5.98. The molecule has 0 rings (SSSR count). The lowest BCUT2D eigenvalue weighted by Crippen LogP contribution is -2.54. The second-order valence-corrected chi connectivity index (χ2v) is 14.2. The first-order valence-electron chi connectivity index (χ1n) is 8.50. The van der Waals surface area contributed by atoms with Crippen LogP contribution in [0.3, 0.4) is 0 Å². The van der Waals surface area contributed by atoms with Crippen LogP contribution in [0, 0.1) is 0 Å². The molecule has 0 radical (unpaired) electrons. The van der Waals surface area contributed by atoms with Gasteiger partial charge in [0.2, 0.25) is 0 Å². The van der Waals surface area contributed by atoms with Gasteiger partial charge < -0.3 is 13.4 Å². The third-order valence-corrected chi connectivity index (χ3v) is 13.5. The average molecular weight is 320 g/mol. The SMILES string of the molecule is CCO[Si](C)(CCN(CC)[Si](CC)(CC)CC)OCC. The highest BCUT2D eigenvalue weighted by atomic mass is 28.4. The van der Waals surface area contributed by atoms with Gasteiger partial charge in [-0.25, -0.2) is 0 Å². The fourth-order valence-electron chi connectivity index (χ4n) is 3.29. The van der Waals surface area contributed by atoms with Gasteiger partial charge in [0, 0.05) is 19.3 Å². The van der Waals surface area contributed by atoms with Crippen LogP contribution in [0.5, 0.6) is 0 Å². The van der Waals surface area contributed by atoms with Gasteiger partial charge in [-0.2, -0.15) is 0 Å². The molecule has 3 nitrogen and oxygen atoms in total. The molecular weight excluding hydrogens is 282 g/mol. The molecule has 0 aliphatic heterocycles. The quantitative estimate of drug-likeness (QED) is 0.496. The Hall–Kier alpha value is 0.314. The van der Waals surface area contributed by atoms with Gasteiger partial charge in [0.05, 0.1) is 0 Å². The molecule has 0 amide bonds. The third kappa shape index (κ3) is 5.60. The van der Waals surface area contributed by atoms with Crippen LogP contribution in [-0.4, -0.2) is 47.7 Å². The minimum atomic E-state index is -1.96. The molecule has 0 fully saturated rings. The van der Waals surface area contributed by atoms with Crippen LogP contribution in [0.4, 0.5) is 0 Å². The summed E-state index contributed by atoms with van der Waals surface area (Å²) in [6, 6.07) is 5.16. The first-order chi connectivity index (χ1) is 9.47. The van der Waals surface area contributed by atoms with Crippen molar-refractivity contribution < 1.29 is 8.85 Å². The number of rotatable bonds is 12. The molecule has 0 N–H and O–H groups in total. The summed E-state index contributed by atoms with van der Waals surface area (Å²) in [5.41, 5.74) is 0. The van der Waals surface area contributed by atoms with E-state index < -0.39 is 16.8 Å². The predicted molar refractivity (Wildman–Crippen MR) is 94.1 cm³/mol. The minimum Gasteiger partial charge on any atom is -0.395 e. The maximum Gasteiger partial charge on any atom is 0.336 e. The van der Waals surface area contributed by atoms with Crippen molar-refractivity contribution in [1.82, 2.24) is 4.57 Å². The molecule has 0 aliphatic rings. The van der Waals surface area contributed by atoms with E-state index in [4.69, 9.17) is 8.85 Å². The van der Waals surface area contributed by atoms with Crippen molar-refractivity contribution in [3.8, 4) is 0 Å². The van der Waals surface area contributed by atoms with E-state index in [0.717, 1.165) is 25.8 Å². The number of hydrogen-bond donors (Lipinski definition) is 0. The summed E-state index contributed by atoms with van der Waals surface area (Å²) in [4.78, 5) is 0. The Morgan fingerprint density at radius 3 is 1.55 bits per heavy atom. The molecule has 0 spiro atoms. The summed E-state index contributed by atoms with van der Waals surface area (Å²) in [7, 11) is -3.21. The Labute approximate surface area is 129 Å². The topological polar surface area (TPSA) is 21.7 Å². The van der Waals surface area contributed by atoms with Gasteiger partial charge in [0.25, 0.3) is 0 Å².